The topological polar surface area (TPSA) is 103 Å². The van der Waals surface area contributed by atoms with Crippen LogP contribution < -0.4 is 18.6 Å². The fourth-order valence-electron chi connectivity index (χ4n) is 3.64. The van der Waals surface area contributed by atoms with E-state index in [1.54, 1.807) is 4.90 Å². The predicted octanol–water partition coefficient (Wildman–Crippen LogP) is 56.8. The molecule has 0 aromatic heterocycles. The first-order valence-electron chi connectivity index (χ1n) is 17.4. The molecule has 0 aliphatic carbocycles. The van der Waals surface area contributed by atoms with Crippen LogP contribution in [0.1, 0.15) is 47.5 Å². The molecule has 94 heavy (non-hydrogen) atoms. The van der Waals surface area contributed by atoms with Crippen molar-refractivity contribution in [3.8, 4) is 6.07 Å². The number of carboxylic acid groups (broad SMARTS) is 1. The van der Waals surface area contributed by atoms with E-state index in [0.29, 0.717) is 32.4 Å². The smallest absolute Gasteiger partial charge is 0.197 e. The van der Waals surface area contributed by atoms with Crippen LogP contribution in [-0.4, -0.2) is 52.8 Å². The zero-order chi connectivity index (χ0) is 70.5. The standard InChI is InChI=1S/C11H18N2O2.C6H11NO2.ClH.I33.I32.4H2S/c1-8-5-9(6-12)7-13(8)10(14)15-11(2,3)4;1-4-2-5(3-7-4)6(8)9;;1-18-20(4)22(6)24(8)26(10)28(12)30(14)32(16)33(17)31(15)29(13)27(11)25(9)23(7)21(5)19(2)3;1-18(2)20(5)22(7)24(9)26(11)28(13)30(15)32(17)31(16)29(14)27(12)25(10)23(8)21(6)19(3)4;;;;/h8-9H,5,7H2,1-4H3;4-5,7H,2-3H2,1H3,(H,8,9);1H;;;4*1H2/q;;;-1;;;;;/t8-,9?;4-,5?;;;;;;;/m00......./s1. The summed E-state index contributed by atoms with van der Waals surface area (Å²) >= 11 is 108. The van der Waals surface area contributed by atoms with Gasteiger partial charge in [0, 0.05) is 25.2 Å². The van der Waals surface area contributed by atoms with E-state index >= 15 is 0 Å². The van der Waals surface area contributed by atoms with Gasteiger partial charge >= 0.3 is 895 Å². The number of hydrogen-bond donors (Lipinski definition) is 2. The van der Waals surface area contributed by atoms with E-state index in [2.05, 4.69) is 644 Å². The predicted molar refractivity (Wildman–Crippen MR) is 1040 cm³/mol. The SMILES string of the molecule is C[C@H]1CC(C#N)CN1C(=O)OC(C)(C)C.C[C@H]1CC(C(=O)O)CN1.Cl.II(I)I(I)I(I)I(I)I(I)I(I)I(I)I(I)I(I)I(I)I(I)I(I)I(I)I(I)I(I)I.I[I-]I(I)I(I)I(I)I(I)I(I)I(I)I(I)I(I)I(I)I(I)I(I)I(I)I(I)I(I)I(I)I.S.S.S.S. The van der Waals surface area contributed by atoms with Crippen LogP contribution in [0.2, 0.25) is 0 Å². The zero-order valence-electron chi connectivity index (χ0n) is 42.2. The third kappa shape index (κ3) is 68.5. The van der Waals surface area contributed by atoms with Gasteiger partial charge in [0.25, 0.3) is 0 Å². The molecule has 0 aromatic rings. The minimum atomic E-state index is -0.674. The van der Waals surface area contributed by atoms with Gasteiger partial charge in [-0.2, -0.15) is 59.2 Å². The second-order valence-corrected chi connectivity index (χ2v) is 1490. The molecule has 0 aromatic carbocycles. The van der Waals surface area contributed by atoms with E-state index in [-0.39, 0.29) is 98.3 Å². The van der Waals surface area contributed by atoms with E-state index in [4.69, 9.17) is 15.1 Å². The van der Waals surface area contributed by atoms with Crippen LogP contribution in [0.3, 0.4) is 0 Å². The van der Waals surface area contributed by atoms with E-state index in [1.165, 1.54) is 0 Å². The number of carbonyl (C=O) groups excluding carboxylic acids is 1. The Morgan fingerprint density at radius 1 is 0.447 bits per heavy atom. The minimum absolute atomic E-state index is 0. The Morgan fingerprint density at radius 2 is 0.670 bits per heavy atom. The molecule has 632 valence electrons. The number of nitrogens with zero attached hydrogens (tertiary/aromatic N) is 2. The number of hydrogen-bond acceptors (Lipinski definition) is 5. The normalized spacial score (nSPS) is 20.3. The number of rotatable bonds is 30. The van der Waals surface area contributed by atoms with Gasteiger partial charge in [-0.05, 0) is 47.5 Å². The molecule has 2 fully saturated rings. The molecule has 2 unspecified atom stereocenters. The molecule has 2 N–H and O–H groups in total. The molecule has 0 bridgehead atoms. The van der Waals surface area contributed by atoms with E-state index < -0.39 is 241 Å². The first-order chi connectivity index (χ1) is 40.5. The summed E-state index contributed by atoms with van der Waals surface area (Å²) in [4.78, 5) is 23.7. The molecule has 4 atom stereocenters. The number of carbonyl (C=O) groups is 2. The Morgan fingerprint density at radius 3 is 0.819 bits per heavy atom. The van der Waals surface area contributed by atoms with Crippen LogP contribution in [0.25, 0.3) is 0 Å². The number of likely N-dealkylation sites (tertiary alicyclic amines) is 1. The second kappa shape index (κ2) is 91.7. The van der Waals surface area contributed by atoms with Crippen molar-refractivity contribution in [3.63, 3.8) is 0 Å². The van der Waals surface area contributed by atoms with Crippen LogP contribution in [0.4, 0.5) is 4.79 Å². The van der Waals surface area contributed by atoms with Gasteiger partial charge in [0.05, 0.1) is 17.9 Å². The zero-order valence-corrected chi connectivity index (χ0v) is 187. The Kier molecular flexibility index (Phi) is 151. The number of nitrogens with one attached hydrogen (secondary N) is 1. The Hall–Kier alpha value is 47.3. The van der Waals surface area contributed by atoms with E-state index in [1.807, 2.05) is 34.6 Å². The van der Waals surface area contributed by atoms with Gasteiger partial charge in [-0.3, -0.25) is 4.79 Å². The molecular formula is C17H38ClI65N3O4S4-. The first-order valence-corrected chi connectivity index (χ1v) is 413. The molecule has 77 heteroatoms. The van der Waals surface area contributed by atoms with Gasteiger partial charge in [0.2, 0.25) is 0 Å². The van der Waals surface area contributed by atoms with Gasteiger partial charge in [-0.25, -0.2) is 4.79 Å². The molecule has 2 saturated heterocycles. The largest absolute Gasteiger partial charge is 0.197 e. The van der Waals surface area contributed by atoms with Crippen molar-refractivity contribution in [1.82, 2.24) is 10.2 Å². The molecule has 2 aliphatic heterocycles. The summed E-state index contributed by atoms with van der Waals surface area (Å²) in [5.41, 5.74) is -0.471. The Bertz CT molecular complexity index is 1990. The summed E-state index contributed by atoms with van der Waals surface area (Å²) in [7, 11) is -14.1. The van der Waals surface area contributed by atoms with Crippen molar-refractivity contribution in [1.29, 1.82) is 5.26 Å². The van der Waals surface area contributed by atoms with Crippen molar-refractivity contribution >= 4 is 948 Å². The molecular weight excluding hydrogens is 8720 g/mol. The van der Waals surface area contributed by atoms with Gasteiger partial charge in [-0.1, -0.05) is 0 Å². The maximum Gasteiger partial charge on any atom is -0.197 e. The van der Waals surface area contributed by atoms with E-state index in [9.17, 15) is 9.59 Å². The summed E-state index contributed by atoms with van der Waals surface area (Å²) in [5, 5.41) is 20.3. The number of halogens is 66. The molecule has 2 aliphatic rings. The van der Waals surface area contributed by atoms with E-state index in [0.717, 1.165) is 12.8 Å². The van der Waals surface area contributed by atoms with Crippen molar-refractivity contribution in [2.45, 2.75) is 65.1 Å². The summed E-state index contributed by atoms with van der Waals surface area (Å²) in [5.74, 6) is -0.876. The van der Waals surface area contributed by atoms with Gasteiger partial charge in [-0.15, -0.1) is 12.4 Å². The monoisotopic (exact) mass is 8760 g/mol. The van der Waals surface area contributed by atoms with Crippen LogP contribution in [0, 0.1) is 23.2 Å². The summed E-state index contributed by atoms with van der Waals surface area (Å²) < 4.78 is 5.26. The number of nitriles is 1. The first kappa shape index (κ1) is 154. The van der Waals surface area contributed by atoms with Crippen molar-refractivity contribution in [3.05, 3.63) is 0 Å². The van der Waals surface area contributed by atoms with Crippen LogP contribution in [0.15, 0.2) is 0 Å². The molecule has 0 radical (unpaired) electrons. The van der Waals surface area contributed by atoms with Gasteiger partial charge in [0.15, 0.2) is 0 Å². The molecule has 0 spiro atoms. The summed E-state index contributed by atoms with van der Waals surface area (Å²) in [6, 6.07) is 2.67. The van der Waals surface area contributed by atoms with Crippen molar-refractivity contribution in [2.24, 2.45) is 11.8 Å². The molecule has 1 amide bonds. The van der Waals surface area contributed by atoms with Crippen LogP contribution in [0.5, 0.6) is 0 Å². The van der Waals surface area contributed by atoms with Gasteiger partial charge in [0.1, 0.15) is 5.60 Å². The quantitative estimate of drug-likeness (QED) is 0.0695. The minimum Gasteiger partial charge on any atom is -0.197 e. The van der Waals surface area contributed by atoms with Crippen LogP contribution >= 0.6 is 936 Å². The number of ether oxygens (including phenoxy) is 1. The number of amides is 1. The fourth-order valence-corrected chi connectivity index (χ4v) is 11100. The Labute approximate surface area is 1040 Å². The van der Waals surface area contributed by atoms with Crippen LogP contribution in [-0.2, 0) is 9.53 Å². The number of aliphatic carboxylic acids is 1. The maximum atomic E-state index is 11.7. The number of carboxylic acids is 1. The summed E-state index contributed by atoms with van der Waals surface area (Å²) in [6.45, 7) is 10.6. The average molecular weight is 8760 g/mol. The molecule has 7 nitrogen and oxygen atoms in total. The molecule has 2 heterocycles. The van der Waals surface area contributed by atoms with Crippen molar-refractivity contribution in [2.75, 3.05) is 13.1 Å². The average Bonchev–Trinajstić information content (AvgIpc) is 1.08. The molecule has 0 saturated carbocycles. The molecule has 2 rings (SSSR count). The second-order valence-electron chi connectivity index (χ2n) is 12.5. The maximum absolute atomic E-state index is 11.7. The Balaban J connectivity index is -0.000000230. The fraction of sp³-hybridized carbons (Fsp3) is 0.824. The third-order valence-corrected chi connectivity index (χ3v) is 4720. The summed E-state index contributed by atoms with van der Waals surface area (Å²) in [6.07, 6.45) is 1.21. The van der Waals surface area contributed by atoms with Gasteiger partial charge < -0.3 is 20.1 Å². The third-order valence-electron chi connectivity index (χ3n) is 6.41. The van der Waals surface area contributed by atoms with Crippen molar-refractivity contribution < 1.29 is 32.7 Å².